The summed E-state index contributed by atoms with van der Waals surface area (Å²) < 4.78 is 51.7. The Bertz CT molecular complexity index is 893. The van der Waals surface area contributed by atoms with Crippen molar-refractivity contribution in [3.63, 3.8) is 0 Å². The van der Waals surface area contributed by atoms with Crippen molar-refractivity contribution in [3.8, 4) is 0 Å². The van der Waals surface area contributed by atoms with Crippen molar-refractivity contribution in [1.82, 2.24) is 9.97 Å². The molecule has 1 heterocycles. The number of nitrogens with zero attached hydrogens (tertiary/aromatic N) is 1. The molecule has 0 spiro atoms. The fourth-order valence-electron chi connectivity index (χ4n) is 2.37. The standard InChI is InChI=1S/C16H16F4N4O2/c1-7(9-3-4-10(11(17)5-9)16(18,19)20)22-14-13(12(21)6-25)15(26)24-8(2)23-14/h3-5,7,21,25H,6H2,1-2H3,(H2,22,23,24,26). The van der Waals surface area contributed by atoms with Crippen LogP contribution in [0.5, 0.6) is 0 Å². The summed E-state index contributed by atoms with van der Waals surface area (Å²) in [7, 11) is 0. The summed E-state index contributed by atoms with van der Waals surface area (Å²) in [6, 6.07) is 1.78. The molecule has 0 fully saturated rings. The molecular weight excluding hydrogens is 356 g/mol. The SMILES string of the molecule is Cc1nc(NC(C)c2ccc(C(F)(F)F)c(F)c2)c(C(=N)CO)c(=O)[nH]1. The smallest absolute Gasteiger partial charge is 0.390 e. The van der Waals surface area contributed by atoms with Gasteiger partial charge in [-0.2, -0.15) is 13.2 Å². The third-order valence-corrected chi connectivity index (χ3v) is 3.65. The predicted molar refractivity (Wildman–Crippen MR) is 86.9 cm³/mol. The number of alkyl halides is 3. The van der Waals surface area contributed by atoms with Crippen LogP contribution in [0.25, 0.3) is 0 Å². The van der Waals surface area contributed by atoms with E-state index in [1.807, 2.05) is 0 Å². The number of anilines is 1. The van der Waals surface area contributed by atoms with E-state index in [9.17, 15) is 22.4 Å². The zero-order valence-electron chi connectivity index (χ0n) is 13.8. The van der Waals surface area contributed by atoms with E-state index >= 15 is 0 Å². The molecule has 0 aliphatic heterocycles. The minimum Gasteiger partial charge on any atom is -0.390 e. The summed E-state index contributed by atoms with van der Waals surface area (Å²) in [4.78, 5) is 18.5. The summed E-state index contributed by atoms with van der Waals surface area (Å²) in [6.07, 6.45) is -4.80. The van der Waals surface area contributed by atoms with Crippen LogP contribution in [0, 0.1) is 18.2 Å². The molecule has 0 saturated carbocycles. The quantitative estimate of drug-likeness (QED) is 0.479. The predicted octanol–water partition coefficient (Wildman–Crippen LogP) is 2.77. The maximum absolute atomic E-state index is 13.7. The van der Waals surface area contributed by atoms with Gasteiger partial charge < -0.3 is 20.8 Å². The van der Waals surface area contributed by atoms with Crippen molar-refractivity contribution >= 4 is 11.5 Å². The van der Waals surface area contributed by atoms with Gasteiger partial charge in [0.25, 0.3) is 5.56 Å². The Balaban J connectivity index is 2.39. The molecule has 1 aromatic carbocycles. The molecule has 0 aliphatic rings. The molecule has 6 nitrogen and oxygen atoms in total. The van der Waals surface area contributed by atoms with Gasteiger partial charge in [0.1, 0.15) is 23.0 Å². The van der Waals surface area contributed by atoms with Crippen LogP contribution in [0.2, 0.25) is 0 Å². The number of benzene rings is 1. The van der Waals surface area contributed by atoms with Crippen LogP contribution in [-0.2, 0) is 6.18 Å². The molecule has 0 amide bonds. The molecule has 1 atom stereocenters. The molecular formula is C16H16F4N4O2. The first kappa shape index (κ1) is 19.6. The normalized spacial score (nSPS) is 12.7. The van der Waals surface area contributed by atoms with Crippen molar-refractivity contribution in [3.05, 3.63) is 56.9 Å². The van der Waals surface area contributed by atoms with E-state index in [0.29, 0.717) is 6.07 Å². The zero-order chi connectivity index (χ0) is 19.6. The Morgan fingerprint density at radius 1 is 1.42 bits per heavy atom. The number of hydrogen-bond donors (Lipinski definition) is 4. The van der Waals surface area contributed by atoms with Gasteiger partial charge in [0.2, 0.25) is 0 Å². The molecule has 2 rings (SSSR count). The topological polar surface area (TPSA) is 102 Å². The van der Waals surface area contributed by atoms with E-state index in [0.717, 1.165) is 12.1 Å². The first-order chi connectivity index (χ1) is 12.0. The summed E-state index contributed by atoms with van der Waals surface area (Å²) in [5.74, 6) is -1.21. The van der Waals surface area contributed by atoms with E-state index in [1.54, 1.807) is 0 Å². The fourth-order valence-corrected chi connectivity index (χ4v) is 2.37. The number of H-pyrrole nitrogens is 1. The van der Waals surface area contributed by atoms with Gasteiger partial charge in [-0.05, 0) is 31.5 Å². The number of rotatable bonds is 5. The number of aliphatic hydroxyl groups excluding tert-OH is 1. The third-order valence-electron chi connectivity index (χ3n) is 3.65. The molecule has 2 aromatic rings. The maximum Gasteiger partial charge on any atom is 0.419 e. The second-order valence-corrected chi connectivity index (χ2v) is 5.61. The van der Waals surface area contributed by atoms with Crippen LogP contribution in [0.1, 0.15) is 35.5 Å². The molecule has 0 saturated heterocycles. The molecule has 10 heteroatoms. The van der Waals surface area contributed by atoms with Gasteiger partial charge in [0, 0.05) is 0 Å². The summed E-state index contributed by atoms with van der Waals surface area (Å²) in [5, 5.41) is 19.6. The monoisotopic (exact) mass is 372 g/mol. The lowest BCUT2D eigenvalue weighted by Crippen LogP contribution is -2.25. The maximum atomic E-state index is 13.7. The molecule has 140 valence electrons. The first-order valence-electron chi connectivity index (χ1n) is 7.47. The fraction of sp³-hybridized carbons (Fsp3) is 0.312. The average Bonchev–Trinajstić information content (AvgIpc) is 2.52. The number of aromatic nitrogens is 2. The van der Waals surface area contributed by atoms with Gasteiger partial charge in [0.15, 0.2) is 0 Å². The van der Waals surface area contributed by atoms with Crippen molar-refractivity contribution in [2.24, 2.45) is 0 Å². The summed E-state index contributed by atoms with van der Waals surface area (Å²) in [5.41, 5.74) is -2.41. The zero-order valence-corrected chi connectivity index (χ0v) is 13.8. The highest BCUT2D eigenvalue weighted by Gasteiger charge is 2.34. The highest BCUT2D eigenvalue weighted by atomic mass is 19.4. The van der Waals surface area contributed by atoms with Crippen LogP contribution in [0.4, 0.5) is 23.4 Å². The van der Waals surface area contributed by atoms with E-state index < -0.39 is 35.8 Å². The molecule has 0 bridgehead atoms. The Labute approximate surface area is 145 Å². The van der Waals surface area contributed by atoms with E-state index in [-0.39, 0.29) is 28.5 Å². The van der Waals surface area contributed by atoms with E-state index in [1.165, 1.54) is 13.8 Å². The molecule has 0 radical (unpaired) electrons. The highest BCUT2D eigenvalue weighted by Crippen LogP contribution is 2.32. The molecule has 26 heavy (non-hydrogen) atoms. The Morgan fingerprint density at radius 2 is 2.08 bits per heavy atom. The lowest BCUT2D eigenvalue weighted by Gasteiger charge is -2.18. The average molecular weight is 372 g/mol. The van der Waals surface area contributed by atoms with Gasteiger partial charge in [-0.15, -0.1) is 0 Å². The lowest BCUT2D eigenvalue weighted by molar-refractivity contribution is -0.140. The number of aryl methyl sites for hydroxylation is 1. The van der Waals surface area contributed by atoms with Crippen LogP contribution < -0.4 is 10.9 Å². The van der Waals surface area contributed by atoms with E-state index in [4.69, 9.17) is 10.5 Å². The van der Waals surface area contributed by atoms with Gasteiger partial charge in [-0.25, -0.2) is 9.37 Å². The van der Waals surface area contributed by atoms with Crippen molar-refractivity contribution < 1.29 is 22.7 Å². The number of aliphatic hydroxyl groups is 1. The van der Waals surface area contributed by atoms with Crippen LogP contribution in [-0.4, -0.2) is 27.4 Å². The molecule has 4 N–H and O–H groups in total. The van der Waals surface area contributed by atoms with Gasteiger partial charge in [-0.3, -0.25) is 4.79 Å². The third kappa shape index (κ3) is 4.07. The van der Waals surface area contributed by atoms with Crippen molar-refractivity contribution in [1.29, 1.82) is 5.41 Å². The Morgan fingerprint density at radius 3 is 2.62 bits per heavy atom. The second-order valence-electron chi connectivity index (χ2n) is 5.61. The Kier molecular flexibility index (Phi) is 5.45. The summed E-state index contributed by atoms with van der Waals surface area (Å²) in [6.45, 7) is 2.33. The number of nitrogens with one attached hydrogen (secondary N) is 3. The minimum atomic E-state index is -4.80. The number of aromatic amines is 1. The number of hydrogen-bond acceptors (Lipinski definition) is 5. The van der Waals surface area contributed by atoms with Crippen LogP contribution in [0.15, 0.2) is 23.0 Å². The highest BCUT2D eigenvalue weighted by molar-refractivity contribution is 6.02. The second kappa shape index (κ2) is 7.24. The Hall–Kier alpha value is -2.75. The lowest BCUT2D eigenvalue weighted by atomic mass is 10.0. The number of halogens is 4. The molecule has 0 aliphatic carbocycles. The molecule has 1 aromatic heterocycles. The molecule has 1 unspecified atom stereocenters. The van der Waals surface area contributed by atoms with Gasteiger partial charge in [0.05, 0.1) is 23.9 Å². The minimum absolute atomic E-state index is 0.0295. The largest absolute Gasteiger partial charge is 0.419 e. The van der Waals surface area contributed by atoms with E-state index in [2.05, 4.69) is 15.3 Å². The van der Waals surface area contributed by atoms with Crippen molar-refractivity contribution in [2.45, 2.75) is 26.1 Å². The summed E-state index contributed by atoms with van der Waals surface area (Å²) >= 11 is 0. The van der Waals surface area contributed by atoms with Crippen LogP contribution >= 0.6 is 0 Å². The van der Waals surface area contributed by atoms with Gasteiger partial charge >= 0.3 is 6.18 Å². The first-order valence-corrected chi connectivity index (χ1v) is 7.47. The van der Waals surface area contributed by atoms with Gasteiger partial charge in [-0.1, -0.05) is 6.07 Å². The van der Waals surface area contributed by atoms with Crippen LogP contribution in [0.3, 0.4) is 0 Å². The van der Waals surface area contributed by atoms with Crippen molar-refractivity contribution in [2.75, 3.05) is 11.9 Å².